The van der Waals surface area contributed by atoms with Gasteiger partial charge in [-0.1, -0.05) is 36.3 Å². The normalized spacial score (nSPS) is 13.0. The molecule has 0 aliphatic heterocycles. The molecule has 0 saturated carbocycles. The van der Waals surface area contributed by atoms with E-state index >= 15 is 0 Å². The zero-order valence-electron chi connectivity index (χ0n) is 18.8. The number of methoxy groups -OCH3 is 1. The molecule has 0 saturated heterocycles. The number of rotatable bonds is 11. The molecule has 0 amide bonds. The summed E-state index contributed by atoms with van der Waals surface area (Å²) in [6.45, 7) is 6.34. The van der Waals surface area contributed by atoms with E-state index in [9.17, 15) is 4.79 Å². The Morgan fingerprint density at radius 3 is 2.53 bits per heavy atom. The Morgan fingerprint density at radius 1 is 1.16 bits per heavy atom. The summed E-state index contributed by atoms with van der Waals surface area (Å²) in [5.41, 5.74) is 3.48. The van der Waals surface area contributed by atoms with Crippen molar-refractivity contribution in [3.63, 3.8) is 0 Å². The van der Waals surface area contributed by atoms with Crippen LogP contribution in [-0.2, 0) is 16.1 Å². The first-order valence-electron chi connectivity index (χ1n) is 10.6. The smallest absolute Gasteiger partial charge is 0.317 e. The number of nitrogens with one attached hydrogen (secondary N) is 1. The van der Waals surface area contributed by atoms with E-state index < -0.39 is 5.97 Å². The van der Waals surface area contributed by atoms with Crippen LogP contribution in [0.4, 0.5) is 0 Å². The number of hydrogen-bond donors (Lipinski definition) is 2. The number of carboxylic acids is 1. The average molecular weight is 440 g/mol. The number of carbonyl (C=O) groups is 1. The molecule has 3 aromatic rings. The number of aromatic nitrogens is 2. The zero-order chi connectivity index (χ0) is 23.1. The van der Waals surface area contributed by atoms with Crippen molar-refractivity contribution in [1.29, 1.82) is 0 Å². The van der Waals surface area contributed by atoms with Crippen LogP contribution >= 0.6 is 0 Å². The number of carboxylic acid groups (broad SMARTS) is 1. The first kappa shape index (κ1) is 23.4. The summed E-state index contributed by atoms with van der Waals surface area (Å²) < 4.78 is 16.8. The highest BCUT2D eigenvalue weighted by molar-refractivity contribution is 5.69. The van der Waals surface area contributed by atoms with E-state index in [1.807, 2.05) is 56.3 Å². The van der Waals surface area contributed by atoms with E-state index in [0.717, 1.165) is 34.4 Å². The maximum atomic E-state index is 10.7. The maximum absolute atomic E-state index is 10.7. The van der Waals surface area contributed by atoms with Gasteiger partial charge in [-0.3, -0.25) is 4.79 Å². The minimum absolute atomic E-state index is 0.0867. The Hall–Kier alpha value is -3.23. The third-order valence-electron chi connectivity index (χ3n) is 5.16. The van der Waals surface area contributed by atoms with Crippen molar-refractivity contribution >= 4 is 5.97 Å². The summed E-state index contributed by atoms with van der Waals surface area (Å²) in [6.07, 6.45) is 1.02. The molecular formula is C24H29N3O5. The molecule has 0 aliphatic rings. The minimum atomic E-state index is -0.888. The Balaban J connectivity index is 1.77. The molecule has 170 valence electrons. The zero-order valence-corrected chi connectivity index (χ0v) is 18.8. The summed E-state index contributed by atoms with van der Waals surface area (Å²) in [7, 11) is 1.65. The molecule has 0 radical (unpaired) electrons. The van der Waals surface area contributed by atoms with Gasteiger partial charge in [-0.25, -0.2) is 0 Å². The number of ether oxygens (including phenoxy) is 2. The van der Waals surface area contributed by atoms with Crippen LogP contribution in [0.1, 0.15) is 44.4 Å². The lowest BCUT2D eigenvalue weighted by atomic mass is 10.1. The Labute approximate surface area is 187 Å². The largest absolute Gasteiger partial charge is 0.490 e. The summed E-state index contributed by atoms with van der Waals surface area (Å²) in [6, 6.07) is 13.3. The molecule has 0 spiro atoms. The minimum Gasteiger partial charge on any atom is -0.490 e. The van der Waals surface area contributed by atoms with Crippen LogP contribution in [0.2, 0.25) is 0 Å². The van der Waals surface area contributed by atoms with Crippen molar-refractivity contribution in [2.45, 2.75) is 45.9 Å². The number of hydrogen-bond acceptors (Lipinski definition) is 7. The molecule has 3 rings (SSSR count). The van der Waals surface area contributed by atoms with Crippen molar-refractivity contribution in [1.82, 2.24) is 15.5 Å². The summed E-state index contributed by atoms with van der Waals surface area (Å²) in [5.74, 6) is 0.783. The molecule has 1 heterocycles. The molecule has 0 aliphatic carbocycles. The van der Waals surface area contributed by atoms with Gasteiger partial charge in [0, 0.05) is 29.8 Å². The van der Waals surface area contributed by atoms with Crippen LogP contribution < -0.4 is 10.1 Å². The van der Waals surface area contributed by atoms with Crippen LogP contribution in [0.5, 0.6) is 5.75 Å². The molecule has 2 aromatic carbocycles. The summed E-state index contributed by atoms with van der Waals surface area (Å²) >= 11 is 0. The van der Waals surface area contributed by atoms with Crippen LogP contribution in [0.3, 0.4) is 0 Å². The van der Waals surface area contributed by atoms with Gasteiger partial charge in [0.25, 0.3) is 5.89 Å². The molecule has 1 unspecified atom stereocenters. The lowest BCUT2D eigenvalue weighted by Crippen LogP contribution is -2.25. The van der Waals surface area contributed by atoms with Gasteiger partial charge in [0.05, 0.1) is 19.3 Å². The quantitative estimate of drug-likeness (QED) is 0.451. The van der Waals surface area contributed by atoms with Crippen molar-refractivity contribution in [3.05, 3.63) is 53.6 Å². The Morgan fingerprint density at radius 2 is 1.88 bits per heavy atom. The SMILES string of the molecule is CCC(C)Oc1ccc(-c2nc(-c3ccc([C@@H](C)NCC(=O)O)cc3)no2)cc1COC. The monoisotopic (exact) mass is 439 g/mol. The molecular weight excluding hydrogens is 410 g/mol. The van der Waals surface area contributed by atoms with E-state index in [1.54, 1.807) is 7.11 Å². The highest BCUT2D eigenvalue weighted by Gasteiger charge is 2.15. The van der Waals surface area contributed by atoms with Crippen LogP contribution in [0.25, 0.3) is 22.8 Å². The maximum Gasteiger partial charge on any atom is 0.317 e. The van der Waals surface area contributed by atoms with Crippen LogP contribution in [-0.4, -0.2) is 41.0 Å². The van der Waals surface area contributed by atoms with Gasteiger partial charge in [0.15, 0.2) is 0 Å². The van der Waals surface area contributed by atoms with Gasteiger partial charge in [-0.05, 0) is 44.0 Å². The standard InChI is InChI=1S/C24H29N3O5/c1-5-15(2)31-21-11-10-19(12-20(21)14-30-4)24-26-23(27-32-24)18-8-6-17(7-9-18)16(3)25-13-22(28)29/h6-12,15-16,25H,5,13-14H2,1-4H3,(H,28,29)/t15?,16-/m1/s1. The summed E-state index contributed by atoms with van der Waals surface area (Å²) in [5, 5.41) is 15.9. The fraction of sp³-hybridized carbons (Fsp3) is 0.375. The third kappa shape index (κ3) is 5.93. The number of nitrogens with zero attached hydrogens (tertiary/aromatic N) is 2. The fourth-order valence-electron chi connectivity index (χ4n) is 3.13. The second-order valence-corrected chi connectivity index (χ2v) is 7.63. The molecule has 0 bridgehead atoms. The highest BCUT2D eigenvalue weighted by Crippen LogP contribution is 2.29. The van der Waals surface area contributed by atoms with E-state index in [-0.39, 0.29) is 18.7 Å². The second kappa shape index (κ2) is 10.9. The van der Waals surface area contributed by atoms with Gasteiger partial charge in [-0.2, -0.15) is 4.98 Å². The molecule has 2 atom stereocenters. The van der Waals surface area contributed by atoms with Crippen LogP contribution in [0.15, 0.2) is 47.0 Å². The average Bonchev–Trinajstić information content (AvgIpc) is 3.29. The van der Waals surface area contributed by atoms with Crippen molar-refractivity contribution in [2.24, 2.45) is 0 Å². The van der Waals surface area contributed by atoms with E-state index in [4.69, 9.17) is 19.1 Å². The summed E-state index contributed by atoms with van der Waals surface area (Å²) in [4.78, 5) is 15.3. The molecule has 32 heavy (non-hydrogen) atoms. The fourth-order valence-corrected chi connectivity index (χ4v) is 3.13. The molecule has 1 aromatic heterocycles. The highest BCUT2D eigenvalue weighted by atomic mass is 16.5. The molecule has 8 heteroatoms. The molecule has 8 nitrogen and oxygen atoms in total. The lowest BCUT2D eigenvalue weighted by Gasteiger charge is -2.16. The predicted octanol–water partition coefficient (Wildman–Crippen LogP) is 4.46. The van der Waals surface area contributed by atoms with Crippen LogP contribution in [0, 0.1) is 0 Å². The number of benzene rings is 2. The van der Waals surface area contributed by atoms with Gasteiger partial charge >= 0.3 is 5.97 Å². The first-order valence-corrected chi connectivity index (χ1v) is 10.6. The Kier molecular flexibility index (Phi) is 7.97. The van der Waals surface area contributed by atoms with Gasteiger partial charge in [0.2, 0.25) is 5.82 Å². The lowest BCUT2D eigenvalue weighted by molar-refractivity contribution is -0.136. The van der Waals surface area contributed by atoms with Crippen molar-refractivity contribution in [2.75, 3.05) is 13.7 Å². The Bertz CT molecular complexity index is 1030. The van der Waals surface area contributed by atoms with Gasteiger partial charge in [-0.15, -0.1) is 0 Å². The number of aliphatic carboxylic acids is 1. The van der Waals surface area contributed by atoms with Gasteiger partial charge in [0.1, 0.15) is 5.75 Å². The van der Waals surface area contributed by atoms with E-state index in [0.29, 0.717) is 18.3 Å². The van der Waals surface area contributed by atoms with E-state index in [1.165, 1.54) is 0 Å². The van der Waals surface area contributed by atoms with E-state index in [2.05, 4.69) is 22.4 Å². The second-order valence-electron chi connectivity index (χ2n) is 7.63. The first-order chi connectivity index (χ1) is 15.4. The third-order valence-corrected chi connectivity index (χ3v) is 5.16. The predicted molar refractivity (Wildman–Crippen MR) is 120 cm³/mol. The van der Waals surface area contributed by atoms with Gasteiger partial charge < -0.3 is 24.4 Å². The molecule has 2 N–H and O–H groups in total. The van der Waals surface area contributed by atoms with Crippen molar-refractivity contribution < 1.29 is 23.9 Å². The van der Waals surface area contributed by atoms with Crippen molar-refractivity contribution in [3.8, 4) is 28.6 Å². The topological polar surface area (TPSA) is 107 Å². The molecule has 0 fully saturated rings.